The highest BCUT2D eigenvalue weighted by molar-refractivity contribution is 6.05. The Labute approximate surface area is 206 Å². The van der Waals surface area contributed by atoms with E-state index in [0.717, 1.165) is 0 Å². The van der Waals surface area contributed by atoms with Gasteiger partial charge in [0.15, 0.2) is 6.10 Å². The zero-order valence-corrected chi connectivity index (χ0v) is 18.9. The highest BCUT2D eigenvalue weighted by atomic mass is 16.6. The van der Waals surface area contributed by atoms with Crippen molar-refractivity contribution in [3.05, 3.63) is 142 Å². The van der Waals surface area contributed by atoms with E-state index < -0.39 is 22.8 Å². The molecule has 1 N–H and O–H groups in total. The maximum absolute atomic E-state index is 13.2. The number of nitro benzene ring substituents is 1. The van der Waals surface area contributed by atoms with Crippen LogP contribution in [0.2, 0.25) is 0 Å². The van der Waals surface area contributed by atoms with Crippen molar-refractivity contribution in [2.24, 2.45) is 0 Å². The molecule has 0 unspecified atom stereocenters. The number of rotatable bonds is 8. The van der Waals surface area contributed by atoms with Crippen molar-refractivity contribution in [2.75, 3.05) is 5.32 Å². The first-order valence-electron chi connectivity index (χ1n) is 10.9. The Morgan fingerprint density at radius 3 is 1.81 bits per heavy atom. The SMILES string of the molecule is O=C(Nc1ccc(C(=O)O[C@@H](C(=O)c2ccccc2)c2ccc([N+](=O)[O-])cc2)cc1)c1ccccc1. The van der Waals surface area contributed by atoms with Crippen LogP contribution in [0.4, 0.5) is 11.4 Å². The summed E-state index contributed by atoms with van der Waals surface area (Å²) in [7, 11) is 0. The van der Waals surface area contributed by atoms with Crippen molar-refractivity contribution in [2.45, 2.75) is 6.10 Å². The van der Waals surface area contributed by atoms with Gasteiger partial charge in [0, 0.05) is 34.5 Å². The van der Waals surface area contributed by atoms with E-state index >= 15 is 0 Å². The molecule has 8 nitrogen and oxygen atoms in total. The predicted octanol–water partition coefficient (Wildman–Crippen LogP) is 5.63. The topological polar surface area (TPSA) is 116 Å². The Kier molecular flexibility index (Phi) is 7.26. The zero-order chi connectivity index (χ0) is 25.5. The number of Topliss-reactive ketones (excluding diaryl/α,β-unsaturated/α-hetero) is 1. The van der Waals surface area contributed by atoms with Crippen molar-refractivity contribution >= 4 is 29.0 Å². The monoisotopic (exact) mass is 480 g/mol. The molecule has 0 bridgehead atoms. The van der Waals surface area contributed by atoms with Crippen molar-refractivity contribution in [3.8, 4) is 0 Å². The molecule has 0 spiro atoms. The van der Waals surface area contributed by atoms with Crippen LogP contribution in [-0.2, 0) is 4.74 Å². The van der Waals surface area contributed by atoms with Gasteiger partial charge in [-0.15, -0.1) is 0 Å². The fourth-order valence-electron chi connectivity index (χ4n) is 3.46. The first-order chi connectivity index (χ1) is 17.4. The van der Waals surface area contributed by atoms with Gasteiger partial charge < -0.3 is 10.1 Å². The average Bonchev–Trinajstić information content (AvgIpc) is 2.92. The number of non-ortho nitro benzene ring substituents is 1. The number of esters is 1. The Balaban J connectivity index is 1.53. The zero-order valence-electron chi connectivity index (χ0n) is 18.9. The number of anilines is 1. The molecule has 0 saturated heterocycles. The molecule has 0 aliphatic heterocycles. The molecule has 1 atom stereocenters. The van der Waals surface area contributed by atoms with Crippen molar-refractivity contribution in [3.63, 3.8) is 0 Å². The molecule has 178 valence electrons. The molecule has 0 heterocycles. The Morgan fingerprint density at radius 1 is 0.694 bits per heavy atom. The molecular weight excluding hydrogens is 460 g/mol. The lowest BCUT2D eigenvalue weighted by Gasteiger charge is -2.17. The van der Waals surface area contributed by atoms with Crippen LogP contribution < -0.4 is 5.32 Å². The first-order valence-corrected chi connectivity index (χ1v) is 10.9. The number of nitrogens with zero attached hydrogens (tertiary/aromatic N) is 1. The van der Waals surface area contributed by atoms with Crippen molar-refractivity contribution < 1.29 is 24.0 Å². The minimum absolute atomic E-state index is 0.149. The molecule has 0 radical (unpaired) electrons. The third kappa shape index (κ3) is 5.68. The number of nitro groups is 1. The van der Waals surface area contributed by atoms with Crippen LogP contribution in [0.1, 0.15) is 42.7 Å². The highest BCUT2D eigenvalue weighted by Crippen LogP contribution is 2.26. The number of nitrogens with one attached hydrogen (secondary N) is 1. The quantitative estimate of drug-likeness (QED) is 0.151. The third-order valence-electron chi connectivity index (χ3n) is 5.34. The molecule has 1 amide bonds. The van der Waals surface area contributed by atoms with E-state index in [1.165, 1.54) is 36.4 Å². The van der Waals surface area contributed by atoms with Gasteiger partial charge in [-0.3, -0.25) is 19.7 Å². The Morgan fingerprint density at radius 2 is 1.25 bits per heavy atom. The summed E-state index contributed by atoms with van der Waals surface area (Å²) in [5, 5.41) is 13.7. The maximum atomic E-state index is 13.2. The summed E-state index contributed by atoms with van der Waals surface area (Å²) in [5.74, 6) is -1.52. The molecule has 8 heteroatoms. The second-order valence-electron chi connectivity index (χ2n) is 7.76. The molecule has 36 heavy (non-hydrogen) atoms. The summed E-state index contributed by atoms with van der Waals surface area (Å²) in [4.78, 5) is 48.9. The number of carbonyl (C=O) groups excluding carboxylic acids is 3. The van der Waals surface area contributed by atoms with Gasteiger partial charge in [-0.2, -0.15) is 0 Å². The second kappa shape index (κ2) is 10.9. The fourth-order valence-corrected chi connectivity index (χ4v) is 3.46. The normalized spacial score (nSPS) is 11.2. The van der Waals surface area contributed by atoms with Gasteiger partial charge in [0.1, 0.15) is 0 Å². The number of benzene rings is 4. The second-order valence-corrected chi connectivity index (χ2v) is 7.76. The van der Waals surface area contributed by atoms with Crippen LogP contribution in [0.3, 0.4) is 0 Å². The van der Waals surface area contributed by atoms with Gasteiger partial charge >= 0.3 is 5.97 Å². The van der Waals surface area contributed by atoms with Gasteiger partial charge in [0.05, 0.1) is 10.5 Å². The molecule has 0 saturated carbocycles. The van der Waals surface area contributed by atoms with E-state index in [0.29, 0.717) is 22.4 Å². The molecule has 0 aromatic heterocycles. The number of amides is 1. The smallest absolute Gasteiger partial charge is 0.339 e. The average molecular weight is 480 g/mol. The van der Waals surface area contributed by atoms with Gasteiger partial charge in [0.2, 0.25) is 5.78 Å². The van der Waals surface area contributed by atoms with Crippen LogP contribution in [0.5, 0.6) is 0 Å². The van der Waals surface area contributed by atoms with Gasteiger partial charge in [0.25, 0.3) is 11.6 Å². The van der Waals surface area contributed by atoms with Crippen LogP contribution in [0, 0.1) is 10.1 Å². The maximum Gasteiger partial charge on any atom is 0.339 e. The summed E-state index contributed by atoms with van der Waals surface area (Å²) in [5.41, 5.74) is 1.62. The number of ketones is 1. The van der Waals surface area contributed by atoms with Crippen LogP contribution in [0.15, 0.2) is 109 Å². The number of ether oxygens (including phenoxy) is 1. The fraction of sp³-hybridized carbons (Fsp3) is 0.0357. The van der Waals surface area contributed by atoms with Crippen molar-refractivity contribution in [1.82, 2.24) is 0 Å². The number of carbonyl (C=O) groups is 3. The predicted molar refractivity (Wildman–Crippen MR) is 133 cm³/mol. The molecule has 4 aromatic rings. The van der Waals surface area contributed by atoms with Gasteiger partial charge in [-0.1, -0.05) is 48.5 Å². The number of hydrogen-bond donors (Lipinski definition) is 1. The van der Waals surface area contributed by atoms with E-state index in [-0.39, 0.29) is 17.2 Å². The lowest BCUT2D eigenvalue weighted by atomic mass is 9.99. The lowest BCUT2D eigenvalue weighted by Crippen LogP contribution is -2.20. The van der Waals surface area contributed by atoms with Crippen LogP contribution in [0.25, 0.3) is 0 Å². The summed E-state index contributed by atoms with van der Waals surface area (Å²) in [6, 6.07) is 28.3. The molecule has 0 fully saturated rings. The summed E-state index contributed by atoms with van der Waals surface area (Å²) in [6.45, 7) is 0. The minimum atomic E-state index is -1.31. The van der Waals surface area contributed by atoms with Crippen LogP contribution in [-0.4, -0.2) is 22.6 Å². The largest absolute Gasteiger partial charge is 0.445 e. The Hall–Kier alpha value is -5.11. The third-order valence-corrected chi connectivity index (χ3v) is 5.34. The molecule has 0 aliphatic carbocycles. The van der Waals surface area contributed by atoms with Gasteiger partial charge in [-0.05, 0) is 48.5 Å². The van der Waals surface area contributed by atoms with E-state index in [9.17, 15) is 24.5 Å². The van der Waals surface area contributed by atoms with Crippen molar-refractivity contribution in [1.29, 1.82) is 0 Å². The summed E-state index contributed by atoms with van der Waals surface area (Å²) >= 11 is 0. The molecule has 0 aliphatic rings. The minimum Gasteiger partial charge on any atom is -0.445 e. The molecular formula is C28H20N2O6. The summed E-state index contributed by atoms with van der Waals surface area (Å²) < 4.78 is 5.58. The highest BCUT2D eigenvalue weighted by Gasteiger charge is 2.27. The van der Waals surface area contributed by atoms with E-state index in [4.69, 9.17) is 4.74 Å². The van der Waals surface area contributed by atoms with E-state index in [1.807, 2.05) is 6.07 Å². The van der Waals surface area contributed by atoms with E-state index in [2.05, 4.69) is 5.32 Å². The lowest BCUT2D eigenvalue weighted by molar-refractivity contribution is -0.384. The Bertz CT molecular complexity index is 1390. The summed E-state index contributed by atoms with van der Waals surface area (Å²) in [6.07, 6.45) is -1.31. The van der Waals surface area contributed by atoms with Crippen LogP contribution >= 0.6 is 0 Å². The van der Waals surface area contributed by atoms with E-state index in [1.54, 1.807) is 66.7 Å². The molecule has 4 rings (SSSR count). The van der Waals surface area contributed by atoms with Gasteiger partial charge in [-0.25, -0.2) is 4.79 Å². The first kappa shape index (κ1) is 24.0. The standard InChI is InChI=1S/C28H20N2O6/c31-25(19-7-3-1-4-8-19)26(20-13-17-24(18-14-20)30(34)35)36-28(33)22-11-15-23(16-12-22)29-27(32)21-9-5-2-6-10-21/h1-18,26H,(H,29,32)/t26-/m1/s1. The number of hydrogen-bond acceptors (Lipinski definition) is 6. The molecule has 4 aromatic carbocycles.